The van der Waals surface area contributed by atoms with E-state index in [9.17, 15) is 0 Å². The van der Waals surface area contributed by atoms with Crippen molar-refractivity contribution in [2.24, 2.45) is 5.73 Å². The SMILES string of the molecule is Cc1cc(C)c2nc(C3(CN)CC3)[nH]c2c1. The van der Waals surface area contributed by atoms with Gasteiger partial charge in [-0.3, -0.25) is 0 Å². The Morgan fingerprint density at radius 3 is 2.75 bits per heavy atom. The molecule has 1 saturated carbocycles. The first-order chi connectivity index (χ1) is 7.64. The number of nitrogens with one attached hydrogen (secondary N) is 1. The zero-order chi connectivity index (χ0) is 11.3. The van der Waals surface area contributed by atoms with Crippen LogP contribution in [0.15, 0.2) is 12.1 Å². The molecular formula is C13H17N3. The number of aromatic amines is 1. The van der Waals surface area contributed by atoms with E-state index in [-0.39, 0.29) is 5.41 Å². The lowest BCUT2D eigenvalue weighted by molar-refractivity contribution is 0.662. The first kappa shape index (κ1) is 9.85. The summed E-state index contributed by atoms with van der Waals surface area (Å²) in [5.74, 6) is 1.08. The molecule has 1 heterocycles. The van der Waals surface area contributed by atoms with Crippen molar-refractivity contribution >= 4 is 11.0 Å². The number of nitrogens with zero attached hydrogens (tertiary/aromatic N) is 1. The molecule has 3 N–H and O–H groups in total. The summed E-state index contributed by atoms with van der Waals surface area (Å²) in [5, 5.41) is 0. The molecule has 3 nitrogen and oxygen atoms in total. The molecule has 0 aliphatic heterocycles. The minimum atomic E-state index is 0.152. The fourth-order valence-electron chi connectivity index (χ4n) is 2.41. The molecule has 1 fully saturated rings. The van der Waals surface area contributed by atoms with E-state index in [1.54, 1.807) is 0 Å². The smallest absolute Gasteiger partial charge is 0.114 e. The fourth-order valence-corrected chi connectivity index (χ4v) is 2.41. The van der Waals surface area contributed by atoms with E-state index in [1.165, 1.54) is 24.0 Å². The van der Waals surface area contributed by atoms with E-state index >= 15 is 0 Å². The number of hydrogen-bond acceptors (Lipinski definition) is 2. The average molecular weight is 215 g/mol. The lowest BCUT2D eigenvalue weighted by Crippen LogP contribution is -2.21. The number of H-pyrrole nitrogens is 1. The number of imidazole rings is 1. The minimum Gasteiger partial charge on any atom is -0.341 e. The molecule has 0 unspecified atom stereocenters. The fraction of sp³-hybridized carbons (Fsp3) is 0.462. The molecular weight excluding hydrogens is 198 g/mol. The van der Waals surface area contributed by atoms with Crippen LogP contribution in [0.1, 0.15) is 29.8 Å². The van der Waals surface area contributed by atoms with Gasteiger partial charge in [-0.2, -0.15) is 0 Å². The lowest BCUT2D eigenvalue weighted by atomic mass is 10.1. The van der Waals surface area contributed by atoms with Crippen molar-refractivity contribution in [1.29, 1.82) is 0 Å². The highest BCUT2D eigenvalue weighted by atomic mass is 15.0. The van der Waals surface area contributed by atoms with E-state index in [0.717, 1.165) is 16.9 Å². The highest BCUT2D eigenvalue weighted by Crippen LogP contribution is 2.46. The molecule has 3 heteroatoms. The number of nitrogens with two attached hydrogens (primary N) is 1. The molecule has 0 saturated heterocycles. The van der Waals surface area contributed by atoms with Crippen LogP contribution in [0.3, 0.4) is 0 Å². The van der Waals surface area contributed by atoms with Crippen LogP contribution in [0, 0.1) is 13.8 Å². The summed E-state index contributed by atoms with van der Waals surface area (Å²) in [6.45, 7) is 4.93. The number of aryl methyl sites for hydroxylation is 2. The second kappa shape index (κ2) is 3.08. The molecule has 0 radical (unpaired) electrons. The summed E-state index contributed by atoms with van der Waals surface area (Å²) in [7, 11) is 0. The summed E-state index contributed by atoms with van der Waals surface area (Å²) in [6.07, 6.45) is 2.34. The Morgan fingerprint density at radius 2 is 2.12 bits per heavy atom. The molecule has 84 valence electrons. The van der Waals surface area contributed by atoms with Crippen LogP contribution in [0.25, 0.3) is 11.0 Å². The number of benzene rings is 1. The highest BCUT2D eigenvalue weighted by Gasteiger charge is 2.45. The van der Waals surface area contributed by atoms with Crippen molar-refractivity contribution in [2.45, 2.75) is 32.1 Å². The van der Waals surface area contributed by atoms with Gasteiger partial charge in [0.25, 0.3) is 0 Å². The normalized spacial score (nSPS) is 17.9. The third-order valence-electron chi connectivity index (χ3n) is 3.67. The van der Waals surface area contributed by atoms with Gasteiger partial charge in [0, 0.05) is 12.0 Å². The summed E-state index contributed by atoms with van der Waals surface area (Å²) >= 11 is 0. The van der Waals surface area contributed by atoms with Gasteiger partial charge in [-0.15, -0.1) is 0 Å². The maximum absolute atomic E-state index is 5.83. The van der Waals surface area contributed by atoms with Gasteiger partial charge in [0.2, 0.25) is 0 Å². The van der Waals surface area contributed by atoms with Crippen LogP contribution in [-0.4, -0.2) is 16.5 Å². The molecule has 0 atom stereocenters. The van der Waals surface area contributed by atoms with Gasteiger partial charge >= 0.3 is 0 Å². The largest absolute Gasteiger partial charge is 0.341 e. The Hall–Kier alpha value is -1.35. The summed E-state index contributed by atoms with van der Waals surface area (Å²) < 4.78 is 0. The van der Waals surface area contributed by atoms with Gasteiger partial charge in [-0.25, -0.2) is 4.98 Å². The third-order valence-corrected chi connectivity index (χ3v) is 3.67. The van der Waals surface area contributed by atoms with Gasteiger partial charge < -0.3 is 10.7 Å². The van der Waals surface area contributed by atoms with Crippen LogP contribution >= 0.6 is 0 Å². The summed E-state index contributed by atoms with van der Waals surface area (Å²) in [6, 6.07) is 4.33. The van der Waals surface area contributed by atoms with Gasteiger partial charge in [-0.1, -0.05) is 6.07 Å². The zero-order valence-corrected chi connectivity index (χ0v) is 9.80. The Morgan fingerprint density at radius 1 is 1.38 bits per heavy atom. The van der Waals surface area contributed by atoms with Crippen molar-refractivity contribution in [1.82, 2.24) is 9.97 Å². The lowest BCUT2D eigenvalue weighted by Gasteiger charge is -2.06. The van der Waals surface area contributed by atoms with Crippen molar-refractivity contribution in [3.63, 3.8) is 0 Å². The van der Waals surface area contributed by atoms with Crippen LogP contribution in [-0.2, 0) is 5.41 Å². The molecule has 1 aromatic carbocycles. The van der Waals surface area contributed by atoms with Gasteiger partial charge in [-0.05, 0) is 43.9 Å². The molecule has 16 heavy (non-hydrogen) atoms. The molecule has 0 amide bonds. The zero-order valence-electron chi connectivity index (χ0n) is 9.80. The predicted molar refractivity (Wildman–Crippen MR) is 65.5 cm³/mol. The van der Waals surface area contributed by atoms with Gasteiger partial charge in [0.15, 0.2) is 0 Å². The Kier molecular flexibility index (Phi) is 1.89. The number of aromatic nitrogens is 2. The molecule has 0 bridgehead atoms. The van der Waals surface area contributed by atoms with Crippen LogP contribution in [0.5, 0.6) is 0 Å². The third kappa shape index (κ3) is 1.28. The van der Waals surface area contributed by atoms with E-state index < -0.39 is 0 Å². The summed E-state index contributed by atoms with van der Waals surface area (Å²) in [4.78, 5) is 8.16. The van der Waals surface area contributed by atoms with Crippen molar-refractivity contribution in [2.75, 3.05) is 6.54 Å². The first-order valence-corrected chi connectivity index (χ1v) is 5.82. The van der Waals surface area contributed by atoms with Gasteiger partial charge in [0.1, 0.15) is 5.82 Å². The molecule has 3 rings (SSSR count). The number of fused-ring (bicyclic) bond motifs is 1. The maximum atomic E-state index is 5.83. The van der Waals surface area contributed by atoms with Crippen molar-refractivity contribution in [3.05, 3.63) is 29.1 Å². The molecule has 1 aliphatic carbocycles. The quantitative estimate of drug-likeness (QED) is 0.806. The topological polar surface area (TPSA) is 54.7 Å². The summed E-state index contributed by atoms with van der Waals surface area (Å²) in [5.41, 5.74) is 10.7. The molecule has 1 aromatic heterocycles. The molecule has 0 spiro atoms. The predicted octanol–water partition coefficient (Wildman–Crippen LogP) is 2.17. The van der Waals surface area contributed by atoms with E-state index in [2.05, 4.69) is 31.0 Å². The Bertz CT molecular complexity index is 550. The van der Waals surface area contributed by atoms with Crippen LogP contribution in [0.4, 0.5) is 0 Å². The molecule has 2 aromatic rings. The number of rotatable bonds is 2. The van der Waals surface area contributed by atoms with Gasteiger partial charge in [0.05, 0.1) is 11.0 Å². The van der Waals surface area contributed by atoms with E-state index in [0.29, 0.717) is 6.54 Å². The number of hydrogen-bond donors (Lipinski definition) is 2. The van der Waals surface area contributed by atoms with E-state index in [4.69, 9.17) is 10.7 Å². The van der Waals surface area contributed by atoms with E-state index in [1.807, 2.05) is 0 Å². The minimum absolute atomic E-state index is 0.152. The highest BCUT2D eigenvalue weighted by molar-refractivity contribution is 5.79. The standard InChI is InChI=1S/C13H17N3/c1-8-5-9(2)11-10(6-8)15-12(16-11)13(7-14)3-4-13/h5-6H,3-4,7,14H2,1-2H3,(H,15,16). The molecule has 1 aliphatic rings. The second-order valence-corrected chi connectivity index (χ2v) is 5.05. The maximum Gasteiger partial charge on any atom is 0.114 e. The van der Waals surface area contributed by atoms with Crippen molar-refractivity contribution < 1.29 is 0 Å². The van der Waals surface area contributed by atoms with Crippen LogP contribution < -0.4 is 5.73 Å². The Balaban J connectivity index is 2.20. The monoisotopic (exact) mass is 215 g/mol. The van der Waals surface area contributed by atoms with Crippen LogP contribution in [0.2, 0.25) is 0 Å². The second-order valence-electron chi connectivity index (χ2n) is 5.05. The average Bonchev–Trinajstić information content (AvgIpc) is 2.93. The van der Waals surface area contributed by atoms with Crippen molar-refractivity contribution in [3.8, 4) is 0 Å². The first-order valence-electron chi connectivity index (χ1n) is 5.82. The Labute approximate surface area is 95.1 Å².